The second-order valence-electron chi connectivity index (χ2n) is 9.31. The average Bonchev–Trinajstić information content (AvgIpc) is 3.30. The molecule has 2 fully saturated rings. The Morgan fingerprint density at radius 1 is 1.14 bits per heavy atom. The Morgan fingerprint density at radius 2 is 2.03 bits per heavy atom. The molecule has 1 aromatic heterocycles. The highest BCUT2D eigenvalue weighted by molar-refractivity contribution is 5.78. The van der Waals surface area contributed by atoms with Crippen LogP contribution in [0, 0.1) is 5.92 Å². The van der Waals surface area contributed by atoms with Crippen molar-refractivity contribution >= 4 is 5.91 Å². The fourth-order valence-corrected chi connectivity index (χ4v) is 4.91. The van der Waals surface area contributed by atoms with Gasteiger partial charge < -0.3 is 28.6 Å². The highest BCUT2D eigenvalue weighted by Crippen LogP contribution is 2.42. The molecule has 0 spiro atoms. The number of carbonyl (C=O) groups is 1. The summed E-state index contributed by atoms with van der Waals surface area (Å²) in [5.74, 6) is 2.54. The third-order valence-corrected chi connectivity index (χ3v) is 6.73. The summed E-state index contributed by atoms with van der Waals surface area (Å²) in [6, 6.07) is 9.72. The van der Waals surface area contributed by atoms with E-state index in [1.54, 1.807) is 13.3 Å². The van der Waals surface area contributed by atoms with Crippen LogP contribution in [0.1, 0.15) is 24.1 Å². The second-order valence-corrected chi connectivity index (χ2v) is 9.31. The third-order valence-electron chi connectivity index (χ3n) is 6.73. The lowest BCUT2D eigenvalue weighted by Gasteiger charge is -2.30. The molecule has 1 aromatic carbocycles. The van der Waals surface area contributed by atoms with Crippen LogP contribution in [0.15, 0.2) is 36.5 Å². The number of ether oxygens (including phenoxy) is 5. The molecule has 35 heavy (non-hydrogen) atoms. The molecule has 0 N–H and O–H groups in total. The summed E-state index contributed by atoms with van der Waals surface area (Å²) < 4.78 is 28.4. The van der Waals surface area contributed by atoms with Crippen LogP contribution in [0.2, 0.25) is 0 Å². The fourth-order valence-electron chi connectivity index (χ4n) is 4.91. The van der Waals surface area contributed by atoms with Gasteiger partial charge in [-0.1, -0.05) is 6.07 Å². The number of nitrogens with zero attached hydrogens (tertiary/aromatic N) is 3. The number of methoxy groups -OCH3 is 1. The Labute approximate surface area is 205 Å². The van der Waals surface area contributed by atoms with Crippen LogP contribution in [-0.4, -0.2) is 80.1 Å². The van der Waals surface area contributed by atoms with Gasteiger partial charge in [0, 0.05) is 45.6 Å². The van der Waals surface area contributed by atoms with Crippen molar-refractivity contribution in [3.63, 3.8) is 0 Å². The summed E-state index contributed by atoms with van der Waals surface area (Å²) in [5, 5.41) is 0. The predicted molar refractivity (Wildman–Crippen MR) is 127 cm³/mol. The van der Waals surface area contributed by atoms with E-state index in [1.165, 1.54) is 0 Å². The number of hydrogen-bond acceptors (Lipinski definition) is 8. The first-order valence-corrected chi connectivity index (χ1v) is 12.2. The fraction of sp³-hybridized carbons (Fsp3) is 0.538. The Bertz CT molecular complexity index is 998. The zero-order chi connectivity index (χ0) is 24.0. The molecule has 3 aliphatic heterocycles. The summed E-state index contributed by atoms with van der Waals surface area (Å²) in [5.41, 5.74) is 1.88. The van der Waals surface area contributed by atoms with Crippen molar-refractivity contribution in [1.29, 1.82) is 0 Å². The molecule has 1 unspecified atom stereocenters. The molecule has 0 aliphatic carbocycles. The zero-order valence-corrected chi connectivity index (χ0v) is 20.2. The van der Waals surface area contributed by atoms with Crippen LogP contribution in [-0.2, 0) is 27.4 Å². The number of fused-ring (bicyclic) bond motifs is 1. The Morgan fingerprint density at radius 3 is 2.83 bits per heavy atom. The Hall–Kier alpha value is -2.88. The molecular formula is C26H33N3O6. The number of benzene rings is 1. The molecule has 0 radical (unpaired) electrons. The minimum absolute atomic E-state index is 0.126. The minimum Gasteiger partial charge on any atom is -0.493 e. The summed E-state index contributed by atoms with van der Waals surface area (Å²) in [6.07, 6.45) is 3.62. The van der Waals surface area contributed by atoms with Crippen molar-refractivity contribution in [3.05, 3.63) is 47.8 Å². The van der Waals surface area contributed by atoms with Crippen molar-refractivity contribution in [2.24, 2.45) is 5.92 Å². The van der Waals surface area contributed by atoms with E-state index in [0.29, 0.717) is 56.0 Å². The summed E-state index contributed by atoms with van der Waals surface area (Å²) in [4.78, 5) is 21.8. The second kappa shape index (κ2) is 11.2. The quantitative estimate of drug-likeness (QED) is 0.567. The van der Waals surface area contributed by atoms with Crippen LogP contribution in [0.5, 0.6) is 17.2 Å². The number of amides is 1. The van der Waals surface area contributed by atoms with Gasteiger partial charge in [-0.05, 0) is 48.6 Å². The lowest BCUT2D eigenvalue weighted by atomic mass is 9.99. The molecule has 5 rings (SSSR count). The van der Waals surface area contributed by atoms with E-state index < -0.39 is 0 Å². The van der Waals surface area contributed by atoms with Gasteiger partial charge in [0.15, 0.2) is 11.5 Å². The number of pyridine rings is 1. The first-order chi connectivity index (χ1) is 17.2. The van der Waals surface area contributed by atoms with Crippen LogP contribution >= 0.6 is 0 Å². The molecule has 2 saturated heterocycles. The molecule has 4 heterocycles. The van der Waals surface area contributed by atoms with E-state index in [1.807, 2.05) is 35.2 Å². The van der Waals surface area contributed by atoms with Crippen molar-refractivity contribution in [2.45, 2.75) is 32.1 Å². The van der Waals surface area contributed by atoms with E-state index in [-0.39, 0.29) is 18.8 Å². The minimum atomic E-state index is -0.126. The number of aromatic nitrogens is 1. The van der Waals surface area contributed by atoms with E-state index in [4.69, 9.17) is 23.7 Å². The molecule has 9 heteroatoms. The third kappa shape index (κ3) is 6.04. The van der Waals surface area contributed by atoms with Gasteiger partial charge in [0.2, 0.25) is 18.4 Å². The van der Waals surface area contributed by atoms with Crippen molar-refractivity contribution < 1.29 is 28.5 Å². The average molecular weight is 484 g/mol. The standard InChI is InChI=1S/C26H33N3O6/c1-31-23-10-20(11-24-26(23)35-18-34-24)12-28-14-22(33-17-21-4-2-3-7-27-21)15-29(25(30)16-28)13-19-5-8-32-9-6-19/h2-4,7,10-11,19,22H,5-6,8-9,12-18H2,1H3. The normalized spacial score (nSPS) is 21.2. The summed E-state index contributed by atoms with van der Waals surface area (Å²) >= 11 is 0. The van der Waals surface area contributed by atoms with E-state index in [9.17, 15) is 4.79 Å². The molecule has 0 bridgehead atoms. The van der Waals surface area contributed by atoms with Gasteiger partial charge in [0.05, 0.1) is 32.1 Å². The van der Waals surface area contributed by atoms with E-state index >= 15 is 0 Å². The van der Waals surface area contributed by atoms with Gasteiger partial charge >= 0.3 is 0 Å². The zero-order valence-electron chi connectivity index (χ0n) is 20.2. The maximum atomic E-state index is 13.3. The molecule has 1 atom stereocenters. The maximum Gasteiger partial charge on any atom is 0.236 e. The first kappa shape index (κ1) is 23.8. The molecule has 0 saturated carbocycles. The van der Waals surface area contributed by atoms with Crippen LogP contribution in [0.4, 0.5) is 0 Å². The highest BCUT2D eigenvalue weighted by atomic mass is 16.7. The van der Waals surface area contributed by atoms with E-state index in [2.05, 4.69) is 9.88 Å². The number of hydrogen-bond donors (Lipinski definition) is 0. The van der Waals surface area contributed by atoms with Gasteiger partial charge in [-0.3, -0.25) is 14.7 Å². The van der Waals surface area contributed by atoms with Gasteiger partial charge in [-0.25, -0.2) is 0 Å². The smallest absolute Gasteiger partial charge is 0.236 e. The summed E-state index contributed by atoms with van der Waals surface area (Å²) in [7, 11) is 1.62. The Balaban J connectivity index is 1.31. The van der Waals surface area contributed by atoms with Crippen LogP contribution in [0.3, 0.4) is 0 Å². The van der Waals surface area contributed by atoms with Crippen molar-refractivity contribution in [2.75, 3.05) is 53.3 Å². The molecule has 1 amide bonds. The monoisotopic (exact) mass is 483 g/mol. The molecule has 9 nitrogen and oxygen atoms in total. The molecule has 2 aromatic rings. The lowest BCUT2D eigenvalue weighted by molar-refractivity contribution is -0.133. The number of rotatable bonds is 8. The highest BCUT2D eigenvalue weighted by Gasteiger charge is 2.31. The van der Waals surface area contributed by atoms with Gasteiger partial charge in [-0.15, -0.1) is 0 Å². The largest absolute Gasteiger partial charge is 0.493 e. The topological polar surface area (TPSA) is 82.6 Å². The first-order valence-electron chi connectivity index (χ1n) is 12.2. The molecular weight excluding hydrogens is 450 g/mol. The van der Waals surface area contributed by atoms with Gasteiger partial charge in [0.25, 0.3) is 0 Å². The van der Waals surface area contributed by atoms with E-state index in [0.717, 1.165) is 43.9 Å². The summed E-state index contributed by atoms with van der Waals surface area (Å²) in [6.45, 7) is 5.00. The lowest BCUT2D eigenvalue weighted by Crippen LogP contribution is -2.42. The van der Waals surface area contributed by atoms with Crippen LogP contribution < -0.4 is 14.2 Å². The molecule has 3 aliphatic rings. The molecule has 188 valence electrons. The van der Waals surface area contributed by atoms with Gasteiger partial charge in [-0.2, -0.15) is 0 Å². The maximum absolute atomic E-state index is 13.3. The van der Waals surface area contributed by atoms with Crippen molar-refractivity contribution in [1.82, 2.24) is 14.8 Å². The SMILES string of the molecule is COc1cc(CN2CC(=O)N(CC3CCOCC3)CC(OCc3ccccn3)C2)cc2c1OCO2. The predicted octanol–water partition coefficient (Wildman–Crippen LogP) is 2.48. The Kier molecular flexibility index (Phi) is 7.66. The van der Waals surface area contributed by atoms with Crippen LogP contribution in [0.25, 0.3) is 0 Å². The van der Waals surface area contributed by atoms with Crippen molar-refractivity contribution in [3.8, 4) is 17.2 Å². The van der Waals surface area contributed by atoms with Gasteiger partial charge in [0.1, 0.15) is 0 Å². The number of carbonyl (C=O) groups excluding carboxylic acids is 1.